The van der Waals surface area contributed by atoms with Gasteiger partial charge in [-0.1, -0.05) is 23.7 Å². The van der Waals surface area contributed by atoms with Gasteiger partial charge < -0.3 is 9.47 Å². The second-order valence-electron chi connectivity index (χ2n) is 4.53. The Hall–Kier alpha value is -2.40. The normalized spacial score (nSPS) is 10.8. The fraction of sp³-hybridized carbons (Fsp3) is 0.118. The standard InChI is InChI=1S/C17H13ClF2O3/c1-22-15-9-16(23-2)12(18)8-11(15)14(21)7-6-10-4-3-5-13(19)17(10)20/h3-9H,1-2H3/b7-6+. The van der Waals surface area contributed by atoms with E-state index in [4.69, 9.17) is 21.1 Å². The lowest BCUT2D eigenvalue weighted by atomic mass is 10.1. The highest BCUT2D eigenvalue weighted by Crippen LogP contribution is 2.33. The number of hydrogen-bond donors (Lipinski definition) is 0. The Balaban J connectivity index is 2.35. The fourth-order valence-corrected chi connectivity index (χ4v) is 2.20. The molecule has 0 atom stereocenters. The maximum absolute atomic E-state index is 13.6. The van der Waals surface area contributed by atoms with Crippen molar-refractivity contribution in [3.05, 3.63) is 64.2 Å². The highest BCUT2D eigenvalue weighted by Gasteiger charge is 2.15. The zero-order valence-corrected chi connectivity index (χ0v) is 13.2. The van der Waals surface area contributed by atoms with E-state index in [1.54, 1.807) is 0 Å². The first-order valence-electron chi connectivity index (χ1n) is 6.56. The van der Waals surface area contributed by atoms with Crippen LogP contribution in [-0.2, 0) is 0 Å². The van der Waals surface area contributed by atoms with Gasteiger partial charge in [0.2, 0.25) is 0 Å². The third-order valence-corrected chi connectivity index (χ3v) is 3.43. The molecule has 0 amide bonds. The SMILES string of the molecule is COc1cc(OC)c(C(=O)/C=C/c2cccc(F)c2F)cc1Cl. The molecule has 2 aromatic carbocycles. The summed E-state index contributed by atoms with van der Waals surface area (Å²) in [5, 5.41) is 0.238. The van der Waals surface area contributed by atoms with E-state index in [2.05, 4.69) is 0 Å². The summed E-state index contributed by atoms with van der Waals surface area (Å²) in [5.74, 6) is -1.84. The first-order chi connectivity index (χ1) is 11.0. The first-order valence-corrected chi connectivity index (χ1v) is 6.93. The van der Waals surface area contributed by atoms with E-state index in [9.17, 15) is 13.6 Å². The second-order valence-corrected chi connectivity index (χ2v) is 4.93. The van der Waals surface area contributed by atoms with Gasteiger partial charge in [0.05, 0.1) is 24.8 Å². The minimum absolute atomic E-state index is 0.0306. The Kier molecular flexibility index (Phi) is 5.34. The van der Waals surface area contributed by atoms with E-state index in [1.807, 2.05) is 0 Å². The average molecular weight is 339 g/mol. The summed E-state index contributed by atoms with van der Waals surface area (Å²) in [6.07, 6.45) is 2.32. The molecule has 0 aliphatic heterocycles. The van der Waals surface area contributed by atoms with E-state index < -0.39 is 17.4 Å². The van der Waals surface area contributed by atoms with E-state index in [0.29, 0.717) is 5.75 Å². The quantitative estimate of drug-likeness (QED) is 0.593. The molecule has 0 aromatic heterocycles. The molecule has 0 aliphatic carbocycles. The molecular formula is C17H13ClF2O3. The lowest BCUT2D eigenvalue weighted by Crippen LogP contribution is -2.00. The highest BCUT2D eigenvalue weighted by molar-refractivity contribution is 6.32. The van der Waals surface area contributed by atoms with E-state index in [-0.39, 0.29) is 21.9 Å². The molecule has 120 valence electrons. The third-order valence-electron chi connectivity index (χ3n) is 3.14. The summed E-state index contributed by atoms with van der Waals surface area (Å²) in [6.45, 7) is 0. The van der Waals surface area contributed by atoms with Gasteiger partial charge in [-0.15, -0.1) is 0 Å². The van der Waals surface area contributed by atoms with Crippen LogP contribution in [0.3, 0.4) is 0 Å². The molecule has 0 bridgehead atoms. The van der Waals surface area contributed by atoms with Crippen molar-refractivity contribution < 1.29 is 23.0 Å². The molecule has 23 heavy (non-hydrogen) atoms. The number of ketones is 1. The predicted molar refractivity (Wildman–Crippen MR) is 84.3 cm³/mol. The van der Waals surface area contributed by atoms with Crippen LogP contribution in [0.15, 0.2) is 36.4 Å². The first kappa shape index (κ1) is 17.0. The van der Waals surface area contributed by atoms with Crippen molar-refractivity contribution in [3.8, 4) is 11.5 Å². The summed E-state index contributed by atoms with van der Waals surface area (Å²) >= 11 is 6.00. The van der Waals surface area contributed by atoms with Crippen LogP contribution in [0, 0.1) is 11.6 Å². The van der Waals surface area contributed by atoms with Crippen molar-refractivity contribution in [2.45, 2.75) is 0 Å². The van der Waals surface area contributed by atoms with Crippen LogP contribution >= 0.6 is 11.6 Å². The summed E-state index contributed by atoms with van der Waals surface area (Å²) in [4.78, 5) is 12.3. The zero-order valence-electron chi connectivity index (χ0n) is 12.4. The van der Waals surface area contributed by atoms with Crippen LogP contribution in [0.5, 0.6) is 11.5 Å². The minimum Gasteiger partial charge on any atom is -0.496 e. The van der Waals surface area contributed by atoms with Crippen LogP contribution in [0.1, 0.15) is 15.9 Å². The van der Waals surface area contributed by atoms with Gasteiger partial charge in [-0.3, -0.25) is 4.79 Å². The number of carbonyl (C=O) groups excluding carboxylic acids is 1. The molecule has 2 rings (SSSR count). The van der Waals surface area contributed by atoms with Gasteiger partial charge >= 0.3 is 0 Å². The van der Waals surface area contributed by atoms with E-state index >= 15 is 0 Å². The molecule has 0 aliphatic rings. The molecular weight excluding hydrogens is 326 g/mol. The molecule has 0 fully saturated rings. The predicted octanol–water partition coefficient (Wildman–Crippen LogP) is 4.53. The maximum atomic E-state index is 13.6. The molecule has 0 heterocycles. The molecule has 2 aromatic rings. The zero-order chi connectivity index (χ0) is 17.0. The van der Waals surface area contributed by atoms with Crippen LogP contribution < -0.4 is 9.47 Å². The van der Waals surface area contributed by atoms with Crippen molar-refractivity contribution in [3.63, 3.8) is 0 Å². The number of hydrogen-bond acceptors (Lipinski definition) is 3. The molecule has 6 heteroatoms. The number of allylic oxidation sites excluding steroid dienone is 1. The molecule has 0 radical (unpaired) electrons. The van der Waals surface area contributed by atoms with Crippen LogP contribution in [0.2, 0.25) is 5.02 Å². The molecule has 3 nitrogen and oxygen atoms in total. The smallest absolute Gasteiger partial charge is 0.189 e. The lowest BCUT2D eigenvalue weighted by molar-refractivity contribution is 0.104. The Morgan fingerprint density at radius 3 is 2.48 bits per heavy atom. The van der Waals surface area contributed by atoms with Gasteiger partial charge in [0.25, 0.3) is 0 Å². The van der Waals surface area contributed by atoms with Gasteiger partial charge in [0.15, 0.2) is 17.4 Å². The van der Waals surface area contributed by atoms with Crippen molar-refractivity contribution in [1.82, 2.24) is 0 Å². The summed E-state index contributed by atoms with van der Waals surface area (Å²) in [7, 11) is 2.84. The summed E-state index contributed by atoms with van der Waals surface area (Å²) in [6, 6.07) is 6.59. The van der Waals surface area contributed by atoms with Gasteiger partial charge in [-0.25, -0.2) is 8.78 Å². The van der Waals surface area contributed by atoms with Gasteiger partial charge in [-0.2, -0.15) is 0 Å². The summed E-state index contributed by atoms with van der Waals surface area (Å²) < 4.78 is 36.9. The van der Waals surface area contributed by atoms with E-state index in [1.165, 1.54) is 44.6 Å². The molecule has 0 saturated heterocycles. The maximum Gasteiger partial charge on any atom is 0.189 e. The molecule has 0 N–H and O–H groups in total. The second kappa shape index (κ2) is 7.24. The molecule has 0 spiro atoms. The monoisotopic (exact) mass is 338 g/mol. The van der Waals surface area contributed by atoms with Crippen LogP contribution in [0.4, 0.5) is 8.78 Å². The Morgan fingerprint density at radius 2 is 1.83 bits per heavy atom. The van der Waals surface area contributed by atoms with E-state index in [0.717, 1.165) is 12.1 Å². The number of benzene rings is 2. The Labute approximate surface area is 137 Å². The minimum atomic E-state index is -1.02. The summed E-state index contributed by atoms with van der Waals surface area (Å²) in [5.41, 5.74) is 0.156. The average Bonchev–Trinajstić information content (AvgIpc) is 2.55. The Morgan fingerprint density at radius 1 is 1.13 bits per heavy atom. The number of methoxy groups -OCH3 is 2. The van der Waals surface area contributed by atoms with Crippen LogP contribution in [0.25, 0.3) is 6.08 Å². The van der Waals surface area contributed by atoms with Crippen molar-refractivity contribution in [2.24, 2.45) is 0 Å². The molecule has 0 unspecified atom stereocenters. The number of carbonyl (C=O) groups is 1. The van der Waals surface area contributed by atoms with Gasteiger partial charge in [0.1, 0.15) is 11.5 Å². The van der Waals surface area contributed by atoms with Crippen molar-refractivity contribution in [2.75, 3.05) is 14.2 Å². The third kappa shape index (κ3) is 3.68. The molecule has 0 saturated carbocycles. The number of halogens is 3. The largest absolute Gasteiger partial charge is 0.496 e. The fourth-order valence-electron chi connectivity index (χ4n) is 1.96. The number of ether oxygens (including phenoxy) is 2. The highest BCUT2D eigenvalue weighted by atomic mass is 35.5. The van der Waals surface area contributed by atoms with Crippen molar-refractivity contribution in [1.29, 1.82) is 0 Å². The van der Waals surface area contributed by atoms with Crippen LogP contribution in [-0.4, -0.2) is 20.0 Å². The van der Waals surface area contributed by atoms with Gasteiger partial charge in [-0.05, 0) is 24.3 Å². The lowest BCUT2D eigenvalue weighted by Gasteiger charge is -2.10. The Bertz CT molecular complexity index is 773. The van der Waals surface area contributed by atoms with Crippen molar-refractivity contribution >= 4 is 23.5 Å². The number of rotatable bonds is 5. The topological polar surface area (TPSA) is 35.5 Å². The van der Waals surface area contributed by atoms with Gasteiger partial charge in [0, 0.05) is 11.6 Å².